The summed E-state index contributed by atoms with van der Waals surface area (Å²) in [6, 6.07) is 0. The smallest absolute Gasteiger partial charge is 0.378 e. The Morgan fingerprint density at radius 2 is 1.79 bits per heavy atom. The summed E-state index contributed by atoms with van der Waals surface area (Å²) >= 11 is 0. The Balaban J connectivity index is 4.79. The van der Waals surface area contributed by atoms with E-state index in [1.165, 1.54) is 0 Å². The molecule has 0 atom stereocenters. The van der Waals surface area contributed by atoms with Crippen LogP contribution < -0.4 is 5.32 Å². The molecule has 6 heteroatoms. The van der Waals surface area contributed by atoms with Crippen LogP contribution in [0.3, 0.4) is 0 Å². The van der Waals surface area contributed by atoms with E-state index in [4.69, 9.17) is 0 Å². The Bertz CT molecular complexity index is 616. The second-order valence-corrected chi connectivity index (χ2v) is 6.66. The van der Waals surface area contributed by atoms with E-state index in [9.17, 15) is 23.1 Å². The number of carbonyl (C=O) groups excluding carboxylic acids is 1. The molecule has 2 N–H and O–H groups in total. The highest BCUT2D eigenvalue weighted by atomic mass is 19.4. The number of aliphatic hydroxyl groups is 1. The number of nitrogens with one attached hydrogen (secondary N) is 1. The van der Waals surface area contributed by atoms with Crippen molar-refractivity contribution in [3.05, 3.63) is 36.0 Å². The minimum atomic E-state index is -4.84. The molecule has 0 saturated heterocycles. The van der Waals surface area contributed by atoms with Gasteiger partial charge >= 0.3 is 12.1 Å². The van der Waals surface area contributed by atoms with E-state index in [0.717, 1.165) is 24.0 Å². The predicted octanol–water partition coefficient (Wildman–Crippen LogP) is 5.23. The van der Waals surface area contributed by atoms with E-state index in [1.54, 1.807) is 6.08 Å². The van der Waals surface area contributed by atoms with Crippen molar-refractivity contribution in [1.29, 1.82) is 0 Å². The van der Waals surface area contributed by atoms with Gasteiger partial charge in [-0.2, -0.15) is 13.2 Å². The first-order valence-electron chi connectivity index (χ1n) is 9.71. The fourth-order valence-corrected chi connectivity index (χ4v) is 2.65. The largest absolute Gasteiger partial charge is 0.471 e. The van der Waals surface area contributed by atoms with Crippen LogP contribution in [0.1, 0.15) is 65.7 Å². The van der Waals surface area contributed by atoms with Crippen molar-refractivity contribution >= 4 is 5.91 Å². The van der Waals surface area contributed by atoms with Crippen molar-refractivity contribution < 1.29 is 23.1 Å². The average molecular weight is 399 g/mol. The number of amides is 1. The number of hydrogen-bond donors (Lipinski definition) is 2. The quantitative estimate of drug-likeness (QED) is 0.284. The van der Waals surface area contributed by atoms with Crippen LogP contribution in [0, 0.1) is 11.8 Å². The van der Waals surface area contributed by atoms with Crippen molar-refractivity contribution in [3.8, 4) is 11.8 Å². The molecular formula is C22H32F3NO2. The summed E-state index contributed by atoms with van der Waals surface area (Å²) in [5.41, 5.74) is 0.668. The molecule has 0 rings (SSSR count). The molecule has 0 saturated carbocycles. The van der Waals surface area contributed by atoms with Crippen molar-refractivity contribution in [2.75, 3.05) is 6.54 Å². The molecule has 0 aromatic carbocycles. The first-order valence-corrected chi connectivity index (χ1v) is 9.71. The Morgan fingerprint density at radius 3 is 2.25 bits per heavy atom. The topological polar surface area (TPSA) is 49.3 Å². The molecule has 28 heavy (non-hydrogen) atoms. The molecule has 0 spiro atoms. The lowest BCUT2D eigenvalue weighted by Crippen LogP contribution is -2.37. The highest BCUT2D eigenvalue weighted by Crippen LogP contribution is 2.19. The number of halogens is 3. The van der Waals surface area contributed by atoms with Crippen LogP contribution in [0.2, 0.25) is 0 Å². The van der Waals surface area contributed by atoms with E-state index in [2.05, 4.69) is 18.4 Å². The van der Waals surface area contributed by atoms with Gasteiger partial charge in [-0.3, -0.25) is 4.79 Å². The molecule has 0 unspecified atom stereocenters. The minimum absolute atomic E-state index is 0.0277. The molecule has 0 aromatic rings. The van der Waals surface area contributed by atoms with Crippen molar-refractivity contribution in [2.45, 2.75) is 77.5 Å². The van der Waals surface area contributed by atoms with Gasteiger partial charge in [-0.25, -0.2) is 0 Å². The highest BCUT2D eigenvalue weighted by molar-refractivity contribution is 5.81. The summed E-state index contributed by atoms with van der Waals surface area (Å²) < 4.78 is 36.3. The van der Waals surface area contributed by atoms with Crippen LogP contribution in [-0.2, 0) is 4.79 Å². The molecule has 0 aromatic heterocycles. The van der Waals surface area contributed by atoms with Gasteiger partial charge in [-0.1, -0.05) is 57.3 Å². The number of hydrogen-bond acceptors (Lipinski definition) is 2. The van der Waals surface area contributed by atoms with Crippen molar-refractivity contribution in [3.63, 3.8) is 0 Å². The molecule has 0 aliphatic rings. The third kappa shape index (κ3) is 11.0. The zero-order valence-corrected chi connectivity index (χ0v) is 17.1. The molecule has 0 heterocycles. The standard InChI is InChI=1S/C22H32F3NO2/c1-5-13-21(28,14-6-2)15-12-19(8-4)17-18(7-3)11-9-10-16-26-20(27)22(23,24)25/h7-8,17,28H,3,5-6,9-11,13-14,16H2,1-2,4H3,(H,26,27)/b18-17+,19-8-. The van der Waals surface area contributed by atoms with Crippen LogP contribution in [-0.4, -0.2) is 29.3 Å². The van der Waals surface area contributed by atoms with E-state index in [-0.39, 0.29) is 6.54 Å². The molecule has 0 aliphatic carbocycles. The Hall–Kier alpha value is -2.00. The lowest BCUT2D eigenvalue weighted by Gasteiger charge is -2.20. The van der Waals surface area contributed by atoms with E-state index in [1.807, 2.05) is 38.2 Å². The maximum atomic E-state index is 12.1. The first-order chi connectivity index (χ1) is 13.1. The monoisotopic (exact) mass is 399 g/mol. The fourth-order valence-electron chi connectivity index (χ4n) is 2.65. The lowest BCUT2D eigenvalue weighted by atomic mass is 9.93. The van der Waals surface area contributed by atoms with Gasteiger partial charge < -0.3 is 10.4 Å². The summed E-state index contributed by atoms with van der Waals surface area (Å²) in [6.45, 7) is 9.60. The normalized spacial score (nSPS) is 13.0. The lowest BCUT2D eigenvalue weighted by molar-refractivity contribution is -0.173. The molecule has 158 valence electrons. The molecule has 1 amide bonds. The second-order valence-electron chi connectivity index (χ2n) is 6.66. The van der Waals surface area contributed by atoms with E-state index < -0.39 is 17.7 Å². The van der Waals surface area contributed by atoms with Gasteiger partial charge in [0, 0.05) is 12.1 Å². The SMILES string of the molecule is C=C/C(=C\C(C#CC(O)(CCC)CCC)=C/C)CCCCNC(=O)C(F)(F)F. The number of carbonyl (C=O) groups is 1. The molecule has 0 bridgehead atoms. The van der Waals surface area contributed by atoms with Crippen LogP contribution in [0.15, 0.2) is 36.0 Å². The Kier molecular flexibility index (Phi) is 12.3. The van der Waals surface area contributed by atoms with Gasteiger partial charge in [-0.05, 0) is 50.7 Å². The summed E-state index contributed by atoms with van der Waals surface area (Å²) in [7, 11) is 0. The maximum Gasteiger partial charge on any atom is 0.471 e. The van der Waals surface area contributed by atoms with E-state index >= 15 is 0 Å². The number of allylic oxidation sites excluding steroid dienone is 5. The molecule has 3 nitrogen and oxygen atoms in total. The van der Waals surface area contributed by atoms with Crippen LogP contribution in [0.5, 0.6) is 0 Å². The Labute approximate surface area is 166 Å². The van der Waals surface area contributed by atoms with Crippen LogP contribution >= 0.6 is 0 Å². The molecule has 0 fully saturated rings. The predicted molar refractivity (Wildman–Crippen MR) is 107 cm³/mol. The highest BCUT2D eigenvalue weighted by Gasteiger charge is 2.38. The van der Waals surface area contributed by atoms with Crippen molar-refractivity contribution in [1.82, 2.24) is 5.32 Å². The third-order valence-electron chi connectivity index (χ3n) is 4.12. The van der Waals surface area contributed by atoms with Gasteiger partial charge in [0.05, 0.1) is 0 Å². The summed E-state index contributed by atoms with van der Waals surface area (Å²) in [4.78, 5) is 10.7. The minimum Gasteiger partial charge on any atom is -0.378 e. The number of rotatable bonds is 11. The van der Waals surface area contributed by atoms with Crippen LogP contribution in [0.4, 0.5) is 13.2 Å². The van der Waals surface area contributed by atoms with E-state index in [0.29, 0.717) is 32.1 Å². The fraction of sp³-hybridized carbons (Fsp3) is 0.591. The molecule has 0 aliphatic heterocycles. The molecular weight excluding hydrogens is 367 g/mol. The summed E-state index contributed by atoms with van der Waals surface area (Å²) in [6.07, 6.45) is 5.12. The zero-order chi connectivity index (χ0) is 21.6. The number of unbranched alkanes of at least 4 members (excludes halogenated alkanes) is 1. The first kappa shape index (κ1) is 26.0. The van der Waals surface area contributed by atoms with Gasteiger partial charge in [0.2, 0.25) is 0 Å². The van der Waals surface area contributed by atoms with Crippen molar-refractivity contribution in [2.24, 2.45) is 0 Å². The Morgan fingerprint density at radius 1 is 1.18 bits per heavy atom. The molecule has 0 radical (unpaired) electrons. The van der Waals surface area contributed by atoms with Crippen LogP contribution in [0.25, 0.3) is 0 Å². The number of alkyl halides is 3. The zero-order valence-electron chi connectivity index (χ0n) is 17.1. The van der Waals surface area contributed by atoms with Gasteiger partial charge in [0.25, 0.3) is 0 Å². The maximum absolute atomic E-state index is 12.1. The summed E-state index contributed by atoms with van der Waals surface area (Å²) in [5.74, 6) is 4.11. The average Bonchev–Trinajstić information content (AvgIpc) is 2.62. The van der Waals surface area contributed by atoms with Gasteiger partial charge in [-0.15, -0.1) is 0 Å². The van der Waals surface area contributed by atoms with Gasteiger partial charge in [0.1, 0.15) is 5.60 Å². The third-order valence-corrected chi connectivity index (χ3v) is 4.12. The van der Waals surface area contributed by atoms with Gasteiger partial charge in [0.15, 0.2) is 0 Å². The second kappa shape index (κ2) is 13.2. The summed E-state index contributed by atoms with van der Waals surface area (Å²) in [5, 5.41) is 12.4.